The third-order valence-electron chi connectivity index (χ3n) is 5.10. The van der Waals surface area contributed by atoms with Crippen molar-refractivity contribution in [2.75, 3.05) is 59.0 Å². The molecule has 1 amide bonds. The van der Waals surface area contributed by atoms with Gasteiger partial charge >= 0.3 is 0 Å². The molecule has 144 valence electrons. The van der Waals surface area contributed by atoms with Crippen LogP contribution in [0.2, 0.25) is 0 Å². The molecule has 2 saturated heterocycles. The van der Waals surface area contributed by atoms with E-state index in [0.29, 0.717) is 6.54 Å². The first-order chi connectivity index (χ1) is 12.6. The summed E-state index contributed by atoms with van der Waals surface area (Å²) in [6.45, 7) is 9.37. The van der Waals surface area contributed by atoms with Crippen LogP contribution in [0.1, 0.15) is 23.7 Å². The van der Waals surface area contributed by atoms with Crippen molar-refractivity contribution in [3.8, 4) is 0 Å². The second-order valence-corrected chi connectivity index (χ2v) is 7.41. The van der Waals surface area contributed by atoms with Crippen molar-refractivity contribution in [3.05, 3.63) is 35.9 Å². The van der Waals surface area contributed by atoms with Crippen LogP contribution in [-0.4, -0.2) is 96.9 Å². The predicted octanol–water partition coefficient (Wildman–Crippen LogP) is 0.916. The zero-order chi connectivity index (χ0) is 18.4. The summed E-state index contributed by atoms with van der Waals surface area (Å²) >= 11 is 0. The first-order valence-electron chi connectivity index (χ1n) is 9.70. The Kier molecular flexibility index (Phi) is 7.02. The Hall–Kier alpha value is -1.47. The molecule has 2 atom stereocenters. The van der Waals surface area contributed by atoms with Gasteiger partial charge in [-0.15, -0.1) is 0 Å². The Morgan fingerprint density at radius 3 is 2.73 bits per heavy atom. The highest BCUT2D eigenvalue weighted by atomic mass is 16.5. The zero-order valence-electron chi connectivity index (χ0n) is 15.7. The Labute approximate surface area is 156 Å². The van der Waals surface area contributed by atoms with Crippen molar-refractivity contribution >= 4 is 5.91 Å². The number of ether oxygens (including phenoxy) is 1. The third kappa shape index (κ3) is 5.51. The van der Waals surface area contributed by atoms with Crippen LogP contribution in [-0.2, 0) is 4.74 Å². The molecule has 0 spiro atoms. The smallest absolute Gasteiger partial charge is 0.253 e. The second kappa shape index (κ2) is 9.46. The maximum Gasteiger partial charge on any atom is 0.253 e. The Balaban J connectivity index is 1.48. The minimum Gasteiger partial charge on any atom is -0.392 e. The van der Waals surface area contributed by atoms with Gasteiger partial charge in [0.05, 0.1) is 18.8 Å². The first-order valence-corrected chi connectivity index (χ1v) is 9.70. The number of amides is 1. The molecule has 0 aromatic heterocycles. The Morgan fingerprint density at radius 2 is 1.96 bits per heavy atom. The van der Waals surface area contributed by atoms with Gasteiger partial charge in [0.15, 0.2) is 0 Å². The molecule has 0 bridgehead atoms. The van der Waals surface area contributed by atoms with E-state index in [9.17, 15) is 9.90 Å². The fourth-order valence-corrected chi connectivity index (χ4v) is 3.84. The lowest BCUT2D eigenvalue weighted by atomic mass is 10.2. The van der Waals surface area contributed by atoms with E-state index in [-0.39, 0.29) is 18.1 Å². The van der Waals surface area contributed by atoms with E-state index in [1.165, 1.54) is 0 Å². The molecule has 0 saturated carbocycles. The number of rotatable bonds is 5. The molecule has 2 unspecified atom stereocenters. The minimum atomic E-state index is -0.301. The van der Waals surface area contributed by atoms with Gasteiger partial charge in [0, 0.05) is 51.4 Å². The zero-order valence-corrected chi connectivity index (χ0v) is 15.7. The second-order valence-electron chi connectivity index (χ2n) is 7.41. The van der Waals surface area contributed by atoms with E-state index in [1.54, 1.807) is 0 Å². The average Bonchev–Trinajstić information content (AvgIpc) is 2.87. The lowest BCUT2D eigenvalue weighted by Crippen LogP contribution is -2.49. The predicted molar refractivity (Wildman–Crippen MR) is 101 cm³/mol. The van der Waals surface area contributed by atoms with Gasteiger partial charge in [-0.1, -0.05) is 18.2 Å². The number of hydrogen-bond acceptors (Lipinski definition) is 5. The van der Waals surface area contributed by atoms with Crippen LogP contribution < -0.4 is 0 Å². The Morgan fingerprint density at radius 1 is 1.15 bits per heavy atom. The Bertz CT molecular complexity index is 567. The van der Waals surface area contributed by atoms with E-state index in [1.807, 2.05) is 42.2 Å². The number of aliphatic hydroxyl groups is 1. The summed E-state index contributed by atoms with van der Waals surface area (Å²) < 4.78 is 5.93. The molecule has 2 fully saturated rings. The van der Waals surface area contributed by atoms with Gasteiger partial charge in [-0.05, 0) is 32.0 Å². The number of morpholine rings is 1. The molecule has 1 N–H and O–H groups in total. The highest BCUT2D eigenvalue weighted by molar-refractivity contribution is 5.94. The molecular weight excluding hydrogens is 330 g/mol. The van der Waals surface area contributed by atoms with Crippen LogP contribution >= 0.6 is 0 Å². The number of hydrogen-bond donors (Lipinski definition) is 1. The molecule has 2 aliphatic heterocycles. The number of β-amino-alcohol motifs (C(OH)–C–C–N with tert-alkyl or cyclic N) is 1. The first kappa shape index (κ1) is 19.3. The molecule has 6 heteroatoms. The largest absolute Gasteiger partial charge is 0.392 e. The molecule has 2 aliphatic rings. The molecule has 1 aromatic rings. The van der Waals surface area contributed by atoms with E-state index >= 15 is 0 Å². The number of carbonyl (C=O) groups excluding carboxylic acids is 1. The average molecular weight is 361 g/mol. The maximum absolute atomic E-state index is 12.6. The topological polar surface area (TPSA) is 56.3 Å². The fourth-order valence-electron chi connectivity index (χ4n) is 3.84. The van der Waals surface area contributed by atoms with Crippen molar-refractivity contribution in [1.82, 2.24) is 14.7 Å². The van der Waals surface area contributed by atoms with E-state index in [2.05, 4.69) is 9.80 Å². The highest BCUT2D eigenvalue weighted by Gasteiger charge is 2.25. The van der Waals surface area contributed by atoms with Gasteiger partial charge < -0.3 is 14.7 Å². The molecular formula is C20H31N3O3. The minimum absolute atomic E-state index is 0.129. The van der Waals surface area contributed by atoms with Crippen molar-refractivity contribution < 1.29 is 14.6 Å². The lowest BCUT2D eigenvalue weighted by Gasteiger charge is -2.36. The van der Waals surface area contributed by atoms with E-state index in [0.717, 1.165) is 64.4 Å². The molecule has 3 rings (SSSR count). The maximum atomic E-state index is 12.6. The van der Waals surface area contributed by atoms with Crippen molar-refractivity contribution in [1.29, 1.82) is 0 Å². The number of nitrogens with zero attached hydrogens (tertiary/aromatic N) is 3. The van der Waals surface area contributed by atoms with Gasteiger partial charge in [-0.25, -0.2) is 0 Å². The number of benzene rings is 1. The van der Waals surface area contributed by atoms with Crippen molar-refractivity contribution in [2.24, 2.45) is 0 Å². The quantitative estimate of drug-likeness (QED) is 0.845. The molecule has 2 heterocycles. The SMILES string of the molecule is CC(O)CN1CCOC(CN2CCCN(C(=O)c3ccccc3)CC2)C1. The normalized spacial score (nSPS) is 24.2. The number of aliphatic hydroxyl groups excluding tert-OH is 1. The molecule has 6 nitrogen and oxygen atoms in total. The lowest BCUT2D eigenvalue weighted by molar-refractivity contribution is -0.0513. The van der Waals surface area contributed by atoms with Crippen molar-refractivity contribution in [2.45, 2.75) is 25.6 Å². The number of carbonyl (C=O) groups is 1. The molecule has 1 aromatic carbocycles. The summed E-state index contributed by atoms with van der Waals surface area (Å²) in [4.78, 5) is 19.3. The van der Waals surface area contributed by atoms with Gasteiger partial charge in [0.2, 0.25) is 0 Å². The summed E-state index contributed by atoms with van der Waals surface area (Å²) in [6.07, 6.45) is 0.867. The van der Waals surface area contributed by atoms with Crippen LogP contribution in [0, 0.1) is 0 Å². The molecule has 0 aliphatic carbocycles. The van der Waals surface area contributed by atoms with Crippen LogP contribution in [0.25, 0.3) is 0 Å². The summed E-state index contributed by atoms with van der Waals surface area (Å²) in [5.74, 6) is 0.129. The van der Waals surface area contributed by atoms with E-state index < -0.39 is 0 Å². The van der Waals surface area contributed by atoms with Crippen LogP contribution in [0.4, 0.5) is 0 Å². The van der Waals surface area contributed by atoms with Gasteiger partial charge in [-0.2, -0.15) is 0 Å². The summed E-state index contributed by atoms with van der Waals surface area (Å²) in [7, 11) is 0. The summed E-state index contributed by atoms with van der Waals surface area (Å²) in [5, 5.41) is 9.59. The van der Waals surface area contributed by atoms with Crippen LogP contribution in [0.3, 0.4) is 0 Å². The van der Waals surface area contributed by atoms with Gasteiger partial charge in [0.1, 0.15) is 0 Å². The monoisotopic (exact) mass is 361 g/mol. The van der Waals surface area contributed by atoms with Crippen molar-refractivity contribution in [3.63, 3.8) is 0 Å². The highest BCUT2D eigenvalue weighted by Crippen LogP contribution is 2.12. The standard InChI is InChI=1S/C20H31N3O3/c1-17(24)14-22-12-13-26-19(16-22)15-21-8-5-9-23(11-10-21)20(25)18-6-3-2-4-7-18/h2-4,6-7,17,19,24H,5,8-16H2,1H3. The van der Waals surface area contributed by atoms with Gasteiger partial charge in [-0.3, -0.25) is 14.6 Å². The molecule has 0 radical (unpaired) electrons. The summed E-state index contributed by atoms with van der Waals surface area (Å²) in [5.41, 5.74) is 0.769. The van der Waals surface area contributed by atoms with Gasteiger partial charge in [0.25, 0.3) is 5.91 Å². The van der Waals surface area contributed by atoms with Crippen LogP contribution in [0.15, 0.2) is 30.3 Å². The third-order valence-corrected chi connectivity index (χ3v) is 5.10. The van der Waals surface area contributed by atoms with E-state index in [4.69, 9.17) is 4.74 Å². The molecule has 26 heavy (non-hydrogen) atoms. The summed E-state index contributed by atoms with van der Waals surface area (Å²) in [6, 6.07) is 9.54. The van der Waals surface area contributed by atoms with Crippen LogP contribution in [0.5, 0.6) is 0 Å². The fraction of sp³-hybridized carbons (Fsp3) is 0.650.